The molecule has 0 saturated carbocycles. The molecule has 1 N–H and O–H groups in total. The molecule has 1 nitrogen and oxygen atoms in total. The fourth-order valence-corrected chi connectivity index (χ4v) is 3.32. The van der Waals surface area contributed by atoms with Crippen LogP contribution in [0.1, 0.15) is 16.9 Å². The van der Waals surface area contributed by atoms with Gasteiger partial charge in [-0.1, -0.05) is 60.4 Å². The highest BCUT2D eigenvalue weighted by Gasteiger charge is 1.99. The SMILES string of the molecule is S=C(NCc1cccs1)SCCCc1ccccc1. The van der Waals surface area contributed by atoms with Crippen LogP contribution >= 0.6 is 35.3 Å². The van der Waals surface area contributed by atoms with Crippen molar-refractivity contribution < 1.29 is 0 Å². The molecular weight excluding hydrogens is 290 g/mol. The summed E-state index contributed by atoms with van der Waals surface area (Å²) in [6.07, 6.45) is 2.29. The van der Waals surface area contributed by atoms with Crippen molar-refractivity contribution in [3.05, 3.63) is 58.3 Å². The van der Waals surface area contributed by atoms with Crippen LogP contribution in [0.25, 0.3) is 0 Å². The summed E-state index contributed by atoms with van der Waals surface area (Å²) in [6.45, 7) is 0.849. The number of thioether (sulfide) groups is 1. The first-order valence-corrected chi connectivity index (χ1v) is 8.59. The molecule has 0 bridgehead atoms. The molecular formula is C15H17NS3. The zero-order valence-electron chi connectivity index (χ0n) is 10.7. The Labute approximate surface area is 128 Å². The molecule has 100 valence electrons. The second kappa shape index (κ2) is 8.35. The van der Waals surface area contributed by atoms with Crippen molar-refractivity contribution in [1.82, 2.24) is 5.32 Å². The maximum atomic E-state index is 5.31. The third-order valence-corrected chi connectivity index (χ3v) is 4.95. The van der Waals surface area contributed by atoms with E-state index >= 15 is 0 Å². The Bertz CT molecular complexity index is 479. The average molecular weight is 308 g/mol. The molecule has 0 fully saturated rings. The van der Waals surface area contributed by atoms with Crippen molar-refractivity contribution in [1.29, 1.82) is 0 Å². The van der Waals surface area contributed by atoms with Gasteiger partial charge in [0, 0.05) is 10.6 Å². The van der Waals surface area contributed by atoms with Gasteiger partial charge in [-0.15, -0.1) is 11.3 Å². The smallest absolute Gasteiger partial charge is 0.134 e. The maximum absolute atomic E-state index is 5.31. The second-order valence-corrected chi connectivity index (χ2v) is 6.96. The molecule has 0 aliphatic rings. The molecule has 1 aromatic heterocycles. The summed E-state index contributed by atoms with van der Waals surface area (Å²) < 4.78 is 0.904. The quantitative estimate of drug-likeness (QED) is 0.624. The van der Waals surface area contributed by atoms with E-state index in [0.717, 1.165) is 29.5 Å². The number of benzene rings is 1. The van der Waals surface area contributed by atoms with Gasteiger partial charge in [-0.3, -0.25) is 0 Å². The zero-order valence-corrected chi connectivity index (χ0v) is 13.1. The van der Waals surface area contributed by atoms with E-state index in [-0.39, 0.29) is 0 Å². The van der Waals surface area contributed by atoms with Gasteiger partial charge in [0.1, 0.15) is 4.32 Å². The summed E-state index contributed by atoms with van der Waals surface area (Å²) in [5.74, 6) is 1.07. The highest BCUT2D eigenvalue weighted by atomic mass is 32.2. The number of nitrogens with one attached hydrogen (secondary N) is 1. The largest absolute Gasteiger partial charge is 0.366 e. The normalized spacial score (nSPS) is 10.3. The van der Waals surface area contributed by atoms with Gasteiger partial charge >= 0.3 is 0 Å². The topological polar surface area (TPSA) is 12.0 Å². The summed E-state index contributed by atoms with van der Waals surface area (Å²) in [5.41, 5.74) is 1.40. The highest BCUT2D eigenvalue weighted by Crippen LogP contribution is 2.11. The van der Waals surface area contributed by atoms with E-state index in [2.05, 4.69) is 53.2 Å². The van der Waals surface area contributed by atoms with E-state index < -0.39 is 0 Å². The van der Waals surface area contributed by atoms with Gasteiger partial charge in [-0.25, -0.2) is 0 Å². The van der Waals surface area contributed by atoms with Crippen LogP contribution in [0.5, 0.6) is 0 Å². The standard InChI is InChI=1S/C15H17NS3/c17-15(16-12-14-9-5-10-18-14)19-11-4-8-13-6-2-1-3-7-13/h1-3,5-7,9-10H,4,8,11-12H2,(H,16,17). The lowest BCUT2D eigenvalue weighted by Crippen LogP contribution is -2.17. The lowest BCUT2D eigenvalue weighted by molar-refractivity contribution is 0.932. The molecule has 2 rings (SSSR count). The molecule has 0 saturated heterocycles. The van der Waals surface area contributed by atoms with Crippen LogP contribution < -0.4 is 5.32 Å². The van der Waals surface area contributed by atoms with E-state index in [1.54, 1.807) is 23.1 Å². The monoisotopic (exact) mass is 307 g/mol. The lowest BCUT2D eigenvalue weighted by Gasteiger charge is -2.06. The third kappa shape index (κ3) is 5.76. The first kappa shape index (κ1) is 14.6. The number of aryl methyl sites for hydroxylation is 1. The first-order valence-electron chi connectivity index (χ1n) is 6.31. The molecule has 1 aromatic carbocycles. The minimum absolute atomic E-state index is 0.849. The van der Waals surface area contributed by atoms with Gasteiger partial charge in [0.05, 0.1) is 6.54 Å². The van der Waals surface area contributed by atoms with Crippen molar-refractivity contribution in [3.63, 3.8) is 0 Å². The summed E-state index contributed by atoms with van der Waals surface area (Å²) in [7, 11) is 0. The predicted molar refractivity (Wildman–Crippen MR) is 91.0 cm³/mol. The highest BCUT2D eigenvalue weighted by molar-refractivity contribution is 8.22. The van der Waals surface area contributed by atoms with Crippen LogP contribution in [0.2, 0.25) is 0 Å². The van der Waals surface area contributed by atoms with E-state index in [1.807, 2.05) is 0 Å². The van der Waals surface area contributed by atoms with Gasteiger partial charge in [0.2, 0.25) is 0 Å². The summed E-state index contributed by atoms with van der Waals surface area (Å²) in [6, 6.07) is 14.8. The molecule has 0 unspecified atom stereocenters. The predicted octanol–water partition coefficient (Wildman–Crippen LogP) is 4.49. The molecule has 0 atom stereocenters. The molecule has 19 heavy (non-hydrogen) atoms. The Kier molecular flexibility index (Phi) is 6.41. The molecule has 0 aliphatic carbocycles. The number of thiocarbonyl (C=S) groups is 1. The number of hydrogen-bond acceptors (Lipinski definition) is 3. The van der Waals surface area contributed by atoms with Crippen LogP contribution in [0.3, 0.4) is 0 Å². The van der Waals surface area contributed by atoms with Gasteiger partial charge in [0.15, 0.2) is 0 Å². The molecule has 4 heteroatoms. The summed E-state index contributed by atoms with van der Waals surface area (Å²) in [4.78, 5) is 1.33. The van der Waals surface area contributed by atoms with Gasteiger partial charge in [-0.05, 0) is 29.9 Å². The Hall–Kier alpha value is -0.840. The van der Waals surface area contributed by atoms with E-state index in [9.17, 15) is 0 Å². The fourth-order valence-electron chi connectivity index (χ4n) is 1.71. The number of hydrogen-bond donors (Lipinski definition) is 1. The van der Waals surface area contributed by atoms with E-state index in [0.29, 0.717) is 0 Å². The van der Waals surface area contributed by atoms with Crippen LogP contribution in [0, 0.1) is 0 Å². The van der Waals surface area contributed by atoms with Gasteiger partial charge in [-0.2, -0.15) is 0 Å². The molecule has 0 aliphatic heterocycles. The molecule has 2 aromatic rings. The Morgan fingerprint density at radius 3 is 2.74 bits per heavy atom. The molecule has 1 heterocycles. The number of rotatable bonds is 6. The summed E-state index contributed by atoms with van der Waals surface area (Å²) >= 11 is 8.82. The fraction of sp³-hybridized carbons (Fsp3) is 0.267. The lowest BCUT2D eigenvalue weighted by atomic mass is 10.1. The zero-order chi connectivity index (χ0) is 13.3. The molecule has 0 spiro atoms. The van der Waals surface area contributed by atoms with Crippen LogP contribution in [-0.4, -0.2) is 10.1 Å². The van der Waals surface area contributed by atoms with Crippen molar-refractivity contribution in [2.75, 3.05) is 5.75 Å². The van der Waals surface area contributed by atoms with Crippen LogP contribution in [-0.2, 0) is 13.0 Å². The second-order valence-electron chi connectivity index (χ2n) is 4.16. The van der Waals surface area contributed by atoms with Crippen LogP contribution in [0.15, 0.2) is 47.8 Å². The van der Waals surface area contributed by atoms with Gasteiger partial charge in [0.25, 0.3) is 0 Å². The van der Waals surface area contributed by atoms with Crippen molar-refractivity contribution >= 4 is 39.6 Å². The number of thiophene rings is 1. The Morgan fingerprint density at radius 2 is 2.00 bits per heavy atom. The van der Waals surface area contributed by atoms with Crippen molar-refractivity contribution in [2.24, 2.45) is 0 Å². The summed E-state index contributed by atoms with van der Waals surface area (Å²) in [5, 5.41) is 5.38. The molecule has 0 radical (unpaired) electrons. The Morgan fingerprint density at radius 1 is 1.16 bits per heavy atom. The van der Waals surface area contributed by atoms with Crippen molar-refractivity contribution in [2.45, 2.75) is 19.4 Å². The van der Waals surface area contributed by atoms with Gasteiger partial charge < -0.3 is 5.32 Å². The van der Waals surface area contributed by atoms with Crippen molar-refractivity contribution in [3.8, 4) is 0 Å². The average Bonchev–Trinajstić information content (AvgIpc) is 2.96. The maximum Gasteiger partial charge on any atom is 0.134 e. The third-order valence-electron chi connectivity index (χ3n) is 2.67. The first-order chi connectivity index (χ1) is 9.34. The van der Waals surface area contributed by atoms with E-state index in [1.165, 1.54) is 10.4 Å². The van der Waals surface area contributed by atoms with E-state index in [4.69, 9.17) is 12.2 Å². The molecule has 0 amide bonds. The Balaban J connectivity index is 1.57. The minimum Gasteiger partial charge on any atom is -0.366 e. The minimum atomic E-state index is 0.849. The van der Waals surface area contributed by atoms with Crippen LogP contribution in [0.4, 0.5) is 0 Å².